The molecule has 29 heavy (non-hydrogen) atoms. The third-order valence-electron chi connectivity index (χ3n) is 6.34. The molecule has 0 radical (unpaired) electrons. The topological polar surface area (TPSA) is 57.3 Å². The molecule has 1 aliphatic carbocycles. The first-order valence-corrected chi connectivity index (χ1v) is 11.0. The second-order valence-electron chi connectivity index (χ2n) is 8.49. The zero-order chi connectivity index (χ0) is 19.9. The summed E-state index contributed by atoms with van der Waals surface area (Å²) in [7, 11) is 0. The number of nitrogens with zero attached hydrogens (tertiary/aromatic N) is 2. The molecule has 2 heterocycles. The monoisotopic (exact) mass is 392 g/mol. The van der Waals surface area contributed by atoms with Crippen LogP contribution >= 0.6 is 0 Å². The van der Waals surface area contributed by atoms with Gasteiger partial charge in [0.2, 0.25) is 0 Å². The Morgan fingerprint density at radius 1 is 1.03 bits per heavy atom. The van der Waals surface area contributed by atoms with Crippen molar-refractivity contribution in [1.29, 1.82) is 0 Å². The van der Waals surface area contributed by atoms with Gasteiger partial charge in [-0.3, -0.25) is 9.88 Å². The summed E-state index contributed by atoms with van der Waals surface area (Å²) in [6, 6.07) is 16.8. The van der Waals surface area contributed by atoms with Crippen molar-refractivity contribution in [3.05, 3.63) is 66.0 Å². The van der Waals surface area contributed by atoms with Gasteiger partial charge in [-0.25, -0.2) is 4.79 Å². The van der Waals surface area contributed by atoms with Gasteiger partial charge in [-0.2, -0.15) is 0 Å². The van der Waals surface area contributed by atoms with E-state index in [2.05, 4.69) is 50.8 Å². The molecule has 154 valence electrons. The molecule has 2 fully saturated rings. The summed E-state index contributed by atoms with van der Waals surface area (Å²) < 4.78 is 0. The Hall–Kier alpha value is -2.40. The molecule has 0 spiro atoms. The Morgan fingerprint density at radius 3 is 2.45 bits per heavy atom. The lowest BCUT2D eigenvalue weighted by Gasteiger charge is -2.33. The predicted molar refractivity (Wildman–Crippen MR) is 115 cm³/mol. The third-order valence-corrected chi connectivity index (χ3v) is 6.34. The zero-order valence-corrected chi connectivity index (χ0v) is 17.1. The second-order valence-corrected chi connectivity index (χ2v) is 8.49. The Labute approximate surface area is 173 Å². The highest BCUT2D eigenvalue weighted by Gasteiger charge is 2.26. The molecule has 2 amide bonds. The summed E-state index contributed by atoms with van der Waals surface area (Å²) in [6.07, 6.45) is 8.77. The molecule has 1 aromatic heterocycles. The number of carbonyl (C=O) groups is 1. The molecule has 0 bridgehead atoms. The molecule has 4 rings (SSSR count). The minimum absolute atomic E-state index is 0.0265. The number of benzene rings is 1. The average molecular weight is 393 g/mol. The molecular weight excluding hydrogens is 360 g/mol. The van der Waals surface area contributed by atoms with Crippen LogP contribution in [-0.2, 0) is 6.54 Å². The number of piperidine rings is 1. The van der Waals surface area contributed by atoms with Crippen LogP contribution < -0.4 is 10.6 Å². The summed E-state index contributed by atoms with van der Waals surface area (Å²) in [5.74, 6) is 0.746. The van der Waals surface area contributed by atoms with Crippen molar-refractivity contribution in [3.63, 3.8) is 0 Å². The number of hydrogen-bond acceptors (Lipinski definition) is 3. The summed E-state index contributed by atoms with van der Waals surface area (Å²) >= 11 is 0. The molecule has 2 N–H and O–H groups in total. The first kappa shape index (κ1) is 19.9. The summed E-state index contributed by atoms with van der Waals surface area (Å²) in [6.45, 7) is 2.87. The van der Waals surface area contributed by atoms with Crippen LogP contribution in [0.2, 0.25) is 0 Å². The van der Waals surface area contributed by atoms with Crippen molar-refractivity contribution in [3.8, 4) is 0 Å². The van der Waals surface area contributed by atoms with Crippen LogP contribution in [0, 0.1) is 5.92 Å². The number of carbonyl (C=O) groups excluding carboxylic acids is 1. The second kappa shape index (κ2) is 9.88. The van der Waals surface area contributed by atoms with Gasteiger partial charge in [-0.15, -0.1) is 0 Å². The van der Waals surface area contributed by atoms with Gasteiger partial charge >= 0.3 is 6.03 Å². The minimum atomic E-state index is -0.0265. The molecule has 1 atom stereocenters. The highest BCUT2D eigenvalue weighted by molar-refractivity contribution is 5.74. The third kappa shape index (κ3) is 5.80. The van der Waals surface area contributed by atoms with Crippen LogP contribution in [0.4, 0.5) is 4.79 Å². The van der Waals surface area contributed by atoms with E-state index in [4.69, 9.17) is 0 Å². The highest BCUT2D eigenvalue weighted by atomic mass is 16.2. The lowest BCUT2D eigenvalue weighted by atomic mass is 9.79. The van der Waals surface area contributed by atoms with Gasteiger partial charge in [0.15, 0.2) is 0 Å². The largest absolute Gasteiger partial charge is 0.335 e. The van der Waals surface area contributed by atoms with Crippen LogP contribution in [0.15, 0.2) is 54.7 Å². The number of pyridine rings is 1. The lowest BCUT2D eigenvalue weighted by molar-refractivity contribution is 0.182. The normalized spacial score (nSPS) is 19.3. The van der Waals surface area contributed by atoms with Crippen molar-refractivity contribution < 1.29 is 4.79 Å². The fourth-order valence-electron chi connectivity index (χ4n) is 4.37. The van der Waals surface area contributed by atoms with E-state index in [0.29, 0.717) is 0 Å². The first-order valence-electron chi connectivity index (χ1n) is 11.0. The smallest absolute Gasteiger partial charge is 0.315 e. The van der Waals surface area contributed by atoms with Gasteiger partial charge < -0.3 is 10.6 Å². The maximum Gasteiger partial charge on any atom is 0.315 e. The number of rotatable bonds is 7. The van der Waals surface area contributed by atoms with Crippen LogP contribution in [0.3, 0.4) is 0 Å². The van der Waals surface area contributed by atoms with Crippen molar-refractivity contribution in [2.75, 3.05) is 13.1 Å². The minimum Gasteiger partial charge on any atom is -0.335 e. The molecule has 1 saturated heterocycles. The Balaban J connectivity index is 1.25. The van der Waals surface area contributed by atoms with Gasteiger partial charge in [0.05, 0.1) is 11.7 Å². The Morgan fingerprint density at radius 2 is 1.79 bits per heavy atom. The maximum atomic E-state index is 12.7. The zero-order valence-electron chi connectivity index (χ0n) is 17.1. The van der Waals surface area contributed by atoms with Crippen LogP contribution in [0.1, 0.15) is 55.8 Å². The molecular formula is C24H32N4O. The van der Waals surface area contributed by atoms with E-state index in [1.165, 1.54) is 24.8 Å². The SMILES string of the molecule is O=C(NC1CCN(Cc2ccccn2)CC1)NC(CC1CCC1)c1ccccc1. The van der Waals surface area contributed by atoms with Gasteiger partial charge in [0.25, 0.3) is 0 Å². The van der Waals surface area contributed by atoms with Gasteiger partial charge in [-0.05, 0) is 42.9 Å². The molecule has 1 aromatic carbocycles. The fraction of sp³-hybridized carbons (Fsp3) is 0.500. The van der Waals surface area contributed by atoms with Gasteiger partial charge in [-0.1, -0.05) is 55.7 Å². The predicted octanol–water partition coefficient (Wildman–Crippen LogP) is 4.28. The van der Waals surface area contributed by atoms with E-state index in [1.54, 1.807) is 0 Å². The molecule has 2 aliphatic rings. The summed E-state index contributed by atoms with van der Waals surface area (Å²) in [5.41, 5.74) is 2.32. The van der Waals surface area contributed by atoms with Crippen LogP contribution in [-0.4, -0.2) is 35.0 Å². The van der Waals surface area contributed by atoms with Crippen molar-refractivity contribution in [1.82, 2.24) is 20.5 Å². The van der Waals surface area contributed by atoms with Crippen molar-refractivity contribution >= 4 is 6.03 Å². The number of aromatic nitrogens is 1. The fourth-order valence-corrected chi connectivity index (χ4v) is 4.37. The number of urea groups is 1. The molecule has 5 heteroatoms. The van der Waals surface area contributed by atoms with E-state index in [9.17, 15) is 4.79 Å². The highest BCUT2D eigenvalue weighted by Crippen LogP contribution is 2.34. The van der Waals surface area contributed by atoms with Gasteiger partial charge in [0.1, 0.15) is 0 Å². The quantitative estimate of drug-likeness (QED) is 0.740. The molecule has 1 unspecified atom stereocenters. The van der Waals surface area contributed by atoms with E-state index < -0.39 is 0 Å². The Bertz CT molecular complexity index is 755. The molecule has 1 aliphatic heterocycles. The molecule has 2 aromatic rings. The summed E-state index contributed by atoms with van der Waals surface area (Å²) in [4.78, 5) is 19.5. The van der Waals surface area contributed by atoms with Crippen LogP contribution in [0.25, 0.3) is 0 Å². The Kier molecular flexibility index (Phi) is 6.78. The van der Waals surface area contributed by atoms with Gasteiger partial charge in [0, 0.05) is 31.9 Å². The molecule has 1 saturated carbocycles. The van der Waals surface area contributed by atoms with E-state index in [-0.39, 0.29) is 18.1 Å². The number of likely N-dealkylation sites (tertiary alicyclic amines) is 1. The number of amides is 2. The standard InChI is InChI=1S/C24H32N4O/c29-24(27-23(17-19-7-6-8-19)20-9-2-1-3-10-20)26-21-12-15-28(16-13-21)18-22-11-4-5-14-25-22/h1-5,9-11,14,19,21,23H,6-8,12-13,15-18H2,(H2,26,27,29). The van der Waals surface area contributed by atoms with E-state index >= 15 is 0 Å². The van der Waals surface area contributed by atoms with Crippen molar-refractivity contribution in [2.24, 2.45) is 5.92 Å². The number of hydrogen-bond donors (Lipinski definition) is 2. The maximum absolute atomic E-state index is 12.7. The van der Waals surface area contributed by atoms with Crippen LogP contribution in [0.5, 0.6) is 0 Å². The molecule has 5 nitrogen and oxygen atoms in total. The van der Waals surface area contributed by atoms with Crippen molar-refractivity contribution in [2.45, 2.75) is 57.2 Å². The first-order chi connectivity index (χ1) is 14.3. The van der Waals surface area contributed by atoms with E-state index in [1.807, 2.05) is 24.4 Å². The average Bonchev–Trinajstić information content (AvgIpc) is 2.72. The van der Waals surface area contributed by atoms with E-state index in [0.717, 1.165) is 50.5 Å². The lowest BCUT2D eigenvalue weighted by Crippen LogP contribution is -2.48. The summed E-state index contributed by atoms with van der Waals surface area (Å²) in [5, 5.41) is 6.48. The number of nitrogens with one attached hydrogen (secondary N) is 2.